The van der Waals surface area contributed by atoms with Crippen LogP contribution in [0.4, 0.5) is 8.78 Å². The Morgan fingerprint density at radius 2 is 1.25 bits per heavy atom. The third-order valence-electron chi connectivity index (χ3n) is 6.93. The molecule has 0 radical (unpaired) electrons. The minimum Gasteiger partial charge on any atom is -0.491 e. The average Bonchev–Trinajstić information content (AvgIpc) is 2.72. The van der Waals surface area contributed by atoms with Gasteiger partial charge < -0.3 is 9.47 Å². The SMILES string of the molecule is CCCC1CCC([C@H]2CC[C@H](COc3ccc(OCC)c(F)c3F)CC2)CC1. The molecular formula is C24H36F2O2. The van der Waals surface area contributed by atoms with Gasteiger partial charge in [-0.2, -0.15) is 8.78 Å². The van der Waals surface area contributed by atoms with E-state index in [2.05, 4.69) is 6.92 Å². The normalized spacial score (nSPS) is 28.1. The Morgan fingerprint density at radius 3 is 1.75 bits per heavy atom. The Labute approximate surface area is 169 Å². The van der Waals surface area contributed by atoms with Crippen molar-refractivity contribution in [3.05, 3.63) is 23.8 Å². The van der Waals surface area contributed by atoms with Gasteiger partial charge in [0, 0.05) is 0 Å². The first-order valence-electron chi connectivity index (χ1n) is 11.4. The molecule has 3 rings (SSSR count). The summed E-state index contributed by atoms with van der Waals surface area (Å²) in [6.45, 7) is 4.82. The van der Waals surface area contributed by atoms with E-state index < -0.39 is 11.6 Å². The number of benzene rings is 1. The second-order valence-corrected chi connectivity index (χ2v) is 8.78. The molecule has 2 saturated carbocycles. The van der Waals surface area contributed by atoms with Crippen molar-refractivity contribution in [2.45, 2.75) is 78.1 Å². The van der Waals surface area contributed by atoms with Crippen LogP contribution in [0.5, 0.6) is 11.5 Å². The summed E-state index contributed by atoms with van der Waals surface area (Å²) in [5, 5.41) is 0. The fourth-order valence-corrected chi connectivity index (χ4v) is 5.28. The third-order valence-corrected chi connectivity index (χ3v) is 6.93. The van der Waals surface area contributed by atoms with Gasteiger partial charge in [-0.05, 0) is 81.3 Å². The first-order valence-corrected chi connectivity index (χ1v) is 11.4. The molecule has 158 valence electrons. The monoisotopic (exact) mass is 394 g/mol. The summed E-state index contributed by atoms with van der Waals surface area (Å²) in [6, 6.07) is 2.92. The van der Waals surface area contributed by atoms with Crippen LogP contribution in [-0.2, 0) is 0 Å². The van der Waals surface area contributed by atoms with Crippen LogP contribution in [0.15, 0.2) is 12.1 Å². The minimum absolute atomic E-state index is 0.00248. The highest BCUT2D eigenvalue weighted by atomic mass is 19.2. The fraction of sp³-hybridized carbons (Fsp3) is 0.750. The Balaban J connectivity index is 1.42. The maximum Gasteiger partial charge on any atom is 0.204 e. The molecule has 0 unspecified atom stereocenters. The number of ether oxygens (including phenoxy) is 2. The summed E-state index contributed by atoms with van der Waals surface area (Å²) < 4.78 is 38.8. The number of hydrogen-bond acceptors (Lipinski definition) is 2. The molecule has 0 N–H and O–H groups in total. The predicted molar refractivity (Wildman–Crippen MR) is 109 cm³/mol. The number of rotatable bonds is 8. The van der Waals surface area contributed by atoms with E-state index in [1.54, 1.807) is 6.92 Å². The molecule has 1 aromatic carbocycles. The van der Waals surface area contributed by atoms with Gasteiger partial charge in [0.25, 0.3) is 0 Å². The molecule has 0 atom stereocenters. The first kappa shape index (κ1) is 21.4. The van der Waals surface area contributed by atoms with E-state index in [-0.39, 0.29) is 11.5 Å². The van der Waals surface area contributed by atoms with E-state index in [1.165, 1.54) is 63.5 Å². The Morgan fingerprint density at radius 1 is 0.750 bits per heavy atom. The molecule has 1 aromatic rings. The van der Waals surface area contributed by atoms with Crippen LogP contribution in [0.2, 0.25) is 0 Å². The predicted octanol–water partition coefficient (Wildman–Crippen LogP) is 7.16. The lowest BCUT2D eigenvalue weighted by Gasteiger charge is -2.37. The summed E-state index contributed by atoms with van der Waals surface area (Å²) in [5.41, 5.74) is 0. The van der Waals surface area contributed by atoms with Crippen LogP contribution in [0.25, 0.3) is 0 Å². The van der Waals surface area contributed by atoms with Gasteiger partial charge in [0.1, 0.15) is 0 Å². The highest BCUT2D eigenvalue weighted by Gasteiger charge is 2.31. The second-order valence-electron chi connectivity index (χ2n) is 8.78. The fourth-order valence-electron chi connectivity index (χ4n) is 5.28. The molecule has 0 aromatic heterocycles. The maximum absolute atomic E-state index is 14.2. The summed E-state index contributed by atoms with van der Waals surface area (Å²) in [4.78, 5) is 0. The Hall–Kier alpha value is -1.32. The standard InChI is InChI=1S/C24H36F2O2/c1-3-5-17-6-10-19(11-7-17)20-12-8-18(9-13-20)16-28-22-15-14-21(27-4-2)23(25)24(22)26/h14-15,17-20H,3-13,16H2,1-2H3/t17?,18-,19?,20-. The van der Waals surface area contributed by atoms with Gasteiger partial charge in [0.05, 0.1) is 13.2 Å². The third kappa shape index (κ3) is 5.39. The maximum atomic E-state index is 14.2. The van der Waals surface area contributed by atoms with E-state index in [0.29, 0.717) is 19.1 Å². The summed E-state index contributed by atoms with van der Waals surface area (Å²) >= 11 is 0. The second kappa shape index (κ2) is 10.5. The molecule has 2 aliphatic carbocycles. The molecule has 2 fully saturated rings. The van der Waals surface area contributed by atoms with E-state index in [1.807, 2.05) is 0 Å². The smallest absolute Gasteiger partial charge is 0.204 e. The van der Waals surface area contributed by atoms with Crippen molar-refractivity contribution in [3.63, 3.8) is 0 Å². The number of halogens is 2. The highest BCUT2D eigenvalue weighted by molar-refractivity contribution is 5.35. The van der Waals surface area contributed by atoms with E-state index in [9.17, 15) is 8.78 Å². The lowest BCUT2D eigenvalue weighted by Crippen LogP contribution is -2.27. The lowest BCUT2D eigenvalue weighted by atomic mass is 9.69. The zero-order valence-corrected chi connectivity index (χ0v) is 17.5. The summed E-state index contributed by atoms with van der Waals surface area (Å²) in [6.07, 6.45) is 13.2. The van der Waals surface area contributed by atoms with Crippen molar-refractivity contribution in [1.82, 2.24) is 0 Å². The lowest BCUT2D eigenvalue weighted by molar-refractivity contribution is 0.120. The number of hydrogen-bond donors (Lipinski definition) is 0. The van der Waals surface area contributed by atoms with Crippen LogP contribution >= 0.6 is 0 Å². The Bertz CT molecular complexity index is 603. The van der Waals surface area contributed by atoms with Gasteiger partial charge >= 0.3 is 0 Å². The van der Waals surface area contributed by atoms with Crippen molar-refractivity contribution < 1.29 is 18.3 Å². The molecule has 0 spiro atoms. The van der Waals surface area contributed by atoms with Gasteiger partial charge in [-0.1, -0.05) is 32.6 Å². The molecule has 4 heteroatoms. The van der Waals surface area contributed by atoms with E-state index >= 15 is 0 Å². The molecule has 0 saturated heterocycles. The van der Waals surface area contributed by atoms with E-state index in [4.69, 9.17) is 9.47 Å². The van der Waals surface area contributed by atoms with Crippen LogP contribution in [0.1, 0.15) is 78.1 Å². The molecule has 0 aliphatic heterocycles. The zero-order chi connectivity index (χ0) is 19.9. The largest absolute Gasteiger partial charge is 0.491 e. The van der Waals surface area contributed by atoms with Crippen molar-refractivity contribution in [3.8, 4) is 11.5 Å². The molecule has 2 nitrogen and oxygen atoms in total. The topological polar surface area (TPSA) is 18.5 Å². The molecule has 2 aliphatic rings. The van der Waals surface area contributed by atoms with Crippen molar-refractivity contribution in [2.75, 3.05) is 13.2 Å². The molecule has 0 bridgehead atoms. The van der Waals surface area contributed by atoms with Crippen molar-refractivity contribution >= 4 is 0 Å². The quantitative estimate of drug-likeness (QED) is 0.466. The van der Waals surface area contributed by atoms with Gasteiger partial charge in [-0.25, -0.2) is 0 Å². The highest BCUT2D eigenvalue weighted by Crippen LogP contribution is 2.42. The zero-order valence-electron chi connectivity index (χ0n) is 17.5. The van der Waals surface area contributed by atoms with Crippen molar-refractivity contribution in [2.24, 2.45) is 23.7 Å². The van der Waals surface area contributed by atoms with Crippen LogP contribution in [-0.4, -0.2) is 13.2 Å². The Kier molecular flexibility index (Phi) is 7.99. The van der Waals surface area contributed by atoms with Gasteiger partial charge in [0.15, 0.2) is 11.5 Å². The molecule has 28 heavy (non-hydrogen) atoms. The minimum atomic E-state index is -0.957. The average molecular weight is 395 g/mol. The molecule has 0 heterocycles. The summed E-state index contributed by atoms with van der Waals surface area (Å²) in [7, 11) is 0. The van der Waals surface area contributed by atoms with Crippen LogP contribution in [0.3, 0.4) is 0 Å². The van der Waals surface area contributed by atoms with Gasteiger partial charge in [0.2, 0.25) is 11.6 Å². The first-order chi connectivity index (χ1) is 13.6. The van der Waals surface area contributed by atoms with Crippen molar-refractivity contribution in [1.29, 1.82) is 0 Å². The van der Waals surface area contributed by atoms with Crippen LogP contribution in [0, 0.1) is 35.3 Å². The molecule has 0 amide bonds. The van der Waals surface area contributed by atoms with Gasteiger partial charge in [-0.15, -0.1) is 0 Å². The van der Waals surface area contributed by atoms with E-state index in [0.717, 1.165) is 30.6 Å². The van der Waals surface area contributed by atoms with Gasteiger partial charge in [-0.3, -0.25) is 0 Å². The molecular weight excluding hydrogens is 358 g/mol. The summed E-state index contributed by atoms with van der Waals surface area (Å²) in [5.74, 6) is 1.23. The van der Waals surface area contributed by atoms with Crippen LogP contribution < -0.4 is 9.47 Å².